The van der Waals surface area contributed by atoms with Gasteiger partial charge in [0.25, 0.3) is 11.7 Å². The van der Waals surface area contributed by atoms with Crippen molar-refractivity contribution in [1.29, 1.82) is 0 Å². The molecule has 8 rings (SSSR count). The number of cyclic esters (lactones) is 1. The number of ketones is 3. The van der Waals surface area contributed by atoms with Gasteiger partial charge in [0.1, 0.15) is 29.4 Å². The van der Waals surface area contributed by atoms with Gasteiger partial charge in [-0.05, 0) is 125 Å². The number of piperidine rings is 1. The summed E-state index contributed by atoms with van der Waals surface area (Å²) in [5, 5.41) is 12.2. The van der Waals surface area contributed by atoms with Crippen LogP contribution >= 0.6 is 0 Å². The van der Waals surface area contributed by atoms with Crippen molar-refractivity contribution >= 4 is 41.2 Å². The van der Waals surface area contributed by atoms with E-state index >= 15 is 0 Å². The van der Waals surface area contributed by atoms with Crippen LogP contribution in [0.2, 0.25) is 0 Å². The number of benzene rings is 2. The van der Waals surface area contributed by atoms with Gasteiger partial charge >= 0.3 is 17.9 Å². The Labute approximate surface area is 525 Å². The van der Waals surface area contributed by atoms with Gasteiger partial charge in [0, 0.05) is 76.5 Å². The zero-order valence-electron chi connectivity index (χ0n) is 54.2. The fourth-order valence-corrected chi connectivity index (χ4v) is 14.0. The van der Waals surface area contributed by atoms with Gasteiger partial charge in [0.15, 0.2) is 18.0 Å². The lowest BCUT2D eigenvalue weighted by Crippen LogP contribution is -2.61. The summed E-state index contributed by atoms with van der Waals surface area (Å²) in [6, 6.07) is 14.7. The summed E-state index contributed by atoms with van der Waals surface area (Å²) in [7, 11) is 4.53. The normalized spacial score (nSPS) is 34.9. The van der Waals surface area contributed by atoms with Crippen LogP contribution in [-0.4, -0.2) is 147 Å². The molecule has 1 saturated carbocycles. The van der Waals surface area contributed by atoms with E-state index in [0.717, 1.165) is 27.8 Å². The standard InChI is InChI=1S/C71H95NO17/c1-42-22-14-13-15-23-43(2)59(81-10)38-51-31-29-48(7)70(80,89-51)65(76)66(77)72-33-21-20-28-56(72)67(78)87-60(39-57(74)44(3)35-47(6)63(86-49(8)73)64(83-12)62(75)46(5)34-42)45(4)36-50-30-32-58(61(37-50)82-11)88-68(79)69(9)40-84-71(85-41-69)54-26-18-16-24-52(54)53-25-17-19-27-55(53)71/h13-19,22-27,35,42,44-46,48,50-51,56,58-61,63-64,80H,20-21,28-34,36-41H2,1-12H3/b15-13+,22-14+,43-23+,47-35+/t42-,44-,45-,46-,48-,50+,51+,56+,58-,59+,60+,61-,63-,64+,70-/m1/s1. The number of rotatable bonds is 9. The van der Waals surface area contributed by atoms with Gasteiger partial charge in [-0.1, -0.05) is 120 Å². The molecule has 2 aromatic carbocycles. The molecule has 6 aliphatic rings. The second kappa shape index (κ2) is 30.0. The fraction of sp³-hybridized carbons (Fsp3) is 0.620. The Bertz CT molecular complexity index is 2960. The van der Waals surface area contributed by atoms with Crippen LogP contribution in [0, 0.1) is 40.9 Å². The second-order valence-corrected chi connectivity index (χ2v) is 26.4. The highest BCUT2D eigenvalue weighted by molar-refractivity contribution is 6.39. The van der Waals surface area contributed by atoms with E-state index in [-0.39, 0.29) is 62.4 Å². The molecule has 15 atom stereocenters. The number of hydrogen-bond acceptors (Lipinski definition) is 17. The molecule has 1 N–H and O–H groups in total. The van der Waals surface area contributed by atoms with Gasteiger partial charge in [-0.2, -0.15) is 0 Å². The molecule has 0 aromatic heterocycles. The number of allylic oxidation sites excluding steroid dienone is 6. The first-order valence-corrected chi connectivity index (χ1v) is 32.0. The molecule has 0 unspecified atom stereocenters. The third kappa shape index (κ3) is 15.5. The highest BCUT2D eigenvalue weighted by Gasteiger charge is 2.55. The van der Waals surface area contributed by atoms with E-state index < -0.39 is 119 Å². The lowest BCUT2D eigenvalue weighted by molar-refractivity contribution is -0.286. The highest BCUT2D eigenvalue weighted by atomic mass is 16.7. The monoisotopic (exact) mass is 1230 g/mol. The molecule has 2 aliphatic carbocycles. The maximum absolute atomic E-state index is 14.9. The molecule has 18 nitrogen and oxygen atoms in total. The van der Waals surface area contributed by atoms with Crippen molar-refractivity contribution in [3.63, 3.8) is 0 Å². The Balaban J connectivity index is 1.03. The summed E-state index contributed by atoms with van der Waals surface area (Å²) in [5.41, 5.74) is 3.95. The van der Waals surface area contributed by atoms with E-state index in [2.05, 4.69) is 0 Å². The van der Waals surface area contributed by atoms with Crippen LogP contribution in [0.3, 0.4) is 0 Å². The number of Topliss-reactive ketones (excluding diaryl/α,β-unsaturated/α-hetero) is 3. The van der Waals surface area contributed by atoms with Gasteiger partial charge in [0.2, 0.25) is 11.6 Å². The lowest BCUT2D eigenvalue weighted by atomic mass is 9.78. The van der Waals surface area contributed by atoms with Crippen molar-refractivity contribution < 1.29 is 81.3 Å². The van der Waals surface area contributed by atoms with Crippen LogP contribution in [-0.2, 0) is 82.0 Å². The number of ether oxygens (including phenoxy) is 9. The number of carbonyl (C=O) groups is 7. The van der Waals surface area contributed by atoms with Crippen LogP contribution in [0.4, 0.5) is 0 Å². The molecule has 2 bridgehead atoms. The molecule has 1 spiro atoms. The average molecular weight is 1230 g/mol. The van der Waals surface area contributed by atoms with Gasteiger partial charge in [-0.25, -0.2) is 4.79 Å². The molecule has 1 amide bonds. The van der Waals surface area contributed by atoms with Crippen molar-refractivity contribution in [2.24, 2.45) is 40.9 Å². The van der Waals surface area contributed by atoms with Crippen molar-refractivity contribution in [3.8, 4) is 11.1 Å². The van der Waals surface area contributed by atoms with Crippen molar-refractivity contribution in [2.45, 2.75) is 200 Å². The van der Waals surface area contributed by atoms with Crippen LogP contribution in [0.5, 0.6) is 0 Å². The zero-order chi connectivity index (χ0) is 64.5. The Morgan fingerprint density at radius 1 is 0.753 bits per heavy atom. The van der Waals surface area contributed by atoms with E-state index in [4.69, 9.17) is 42.6 Å². The highest BCUT2D eigenvalue weighted by Crippen LogP contribution is 2.53. The number of methoxy groups -OCH3 is 3. The largest absolute Gasteiger partial charge is 0.460 e. The van der Waals surface area contributed by atoms with Crippen LogP contribution in [0.25, 0.3) is 11.1 Å². The Hall–Kier alpha value is -5.99. The summed E-state index contributed by atoms with van der Waals surface area (Å²) in [6.07, 6.45) is 10.1. The molecule has 4 heterocycles. The third-order valence-corrected chi connectivity index (χ3v) is 19.5. The summed E-state index contributed by atoms with van der Waals surface area (Å²) >= 11 is 0. The van der Waals surface area contributed by atoms with E-state index in [1.807, 2.05) is 107 Å². The number of hydrogen-bond donors (Lipinski definition) is 1. The van der Waals surface area contributed by atoms with Crippen LogP contribution in [0.15, 0.2) is 96.1 Å². The number of aliphatic hydroxyl groups is 1. The maximum Gasteiger partial charge on any atom is 0.329 e. The topological polar surface area (TPSA) is 226 Å². The number of amides is 1. The first-order chi connectivity index (χ1) is 42.4. The lowest BCUT2D eigenvalue weighted by Gasteiger charge is -2.44. The van der Waals surface area contributed by atoms with E-state index in [0.29, 0.717) is 63.4 Å². The summed E-state index contributed by atoms with van der Waals surface area (Å²) < 4.78 is 55.8. The van der Waals surface area contributed by atoms with E-state index in [9.17, 15) is 38.7 Å². The average Bonchev–Trinajstić information content (AvgIpc) is 1.61. The minimum absolute atomic E-state index is 0.0371. The summed E-state index contributed by atoms with van der Waals surface area (Å²) in [5.74, 6) is -11.0. The van der Waals surface area contributed by atoms with Crippen molar-refractivity contribution in [2.75, 3.05) is 41.1 Å². The van der Waals surface area contributed by atoms with Crippen molar-refractivity contribution in [1.82, 2.24) is 4.90 Å². The predicted octanol–water partition coefficient (Wildman–Crippen LogP) is 10.2. The number of fused-ring (bicyclic) bond motifs is 8. The molecule has 3 saturated heterocycles. The van der Waals surface area contributed by atoms with Gasteiger partial charge in [0.05, 0.1) is 31.5 Å². The molecule has 89 heavy (non-hydrogen) atoms. The third-order valence-electron chi connectivity index (χ3n) is 19.5. The van der Waals surface area contributed by atoms with E-state index in [1.165, 1.54) is 18.9 Å². The van der Waals surface area contributed by atoms with Crippen LogP contribution in [0.1, 0.15) is 150 Å². The molecule has 0 radical (unpaired) electrons. The predicted molar refractivity (Wildman–Crippen MR) is 331 cm³/mol. The zero-order valence-corrected chi connectivity index (χ0v) is 54.2. The SMILES string of the molecule is CO[C@H]1C[C@@H]2CC[C@@H](C)[C@@](O)(O2)C(=O)C(=O)N2CCCC[C@H]2C(=O)O[C@H]([C@H](C)C[C@@H]2CC[C@@H](OC(=O)C3(C)COC4(OC3)c3ccccc3-c3ccccc34)[C@H](OC)C2)CC(=O)[C@H](C)/C=C(\C)[C@@H](OC(C)=O)[C@@H](OC)C(=O)[C@H](C)C[C@H](C)/C=C/C=C/C=C/1C. The summed E-state index contributed by atoms with van der Waals surface area (Å²) in [6.45, 7) is 15.8. The first kappa shape index (κ1) is 68.9. The number of esters is 3. The maximum atomic E-state index is 14.9. The van der Waals surface area contributed by atoms with Gasteiger partial charge in [-0.15, -0.1) is 0 Å². The van der Waals surface area contributed by atoms with Crippen LogP contribution < -0.4 is 0 Å². The molecule has 4 fully saturated rings. The van der Waals surface area contributed by atoms with Crippen molar-refractivity contribution in [3.05, 3.63) is 107 Å². The van der Waals surface area contributed by atoms with Gasteiger partial charge < -0.3 is 52.6 Å². The smallest absolute Gasteiger partial charge is 0.329 e. The van der Waals surface area contributed by atoms with E-state index in [1.54, 1.807) is 48.0 Å². The molecule has 2 aromatic rings. The first-order valence-electron chi connectivity index (χ1n) is 32.0. The Morgan fingerprint density at radius 3 is 2.07 bits per heavy atom. The number of carbonyl (C=O) groups excluding carboxylic acids is 7. The molecule has 18 heteroatoms. The Morgan fingerprint density at radius 2 is 1.43 bits per heavy atom. The molecular formula is C71H95NO17. The Kier molecular flexibility index (Phi) is 23.2. The number of nitrogens with zero attached hydrogens (tertiary/aromatic N) is 1. The quantitative estimate of drug-likeness (QED) is 0.107. The fourth-order valence-electron chi connectivity index (χ4n) is 14.0. The molecule has 4 aliphatic heterocycles. The van der Waals surface area contributed by atoms with Gasteiger partial charge in [-0.3, -0.25) is 28.8 Å². The minimum Gasteiger partial charge on any atom is -0.460 e. The summed E-state index contributed by atoms with van der Waals surface area (Å²) in [4.78, 5) is 101. The minimum atomic E-state index is -2.48. The molecular weight excluding hydrogens is 1140 g/mol. The molecule has 486 valence electrons. The second-order valence-electron chi connectivity index (χ2n) is 26.4.